The van der Waals surface area contributed by atoms with Crippen LogP contribution in [0.1, 0.15) is 23.7 Å². The van der Waals surface area contributed by atoms with Gasteiger partial charge in [-0.15, -0.1) is 0 Å². The monoisotopic (exact) mass is 405 g/mol. The van der Waals surface area contributed by atoms with Crippen LogP contribution in [0.25, 0.3) is 17.1 Å². The third-order valence-corrected chi connectivity index (χ3v) is 4.52. The fourth-order valence-corrected chi connectivity index (χ4v) is 3.10. The molecular weight excluding hydrogens is 385 g/mol. The number of aryl methyl sites for hydroxylation is 3. The van der Waals surface area contributed by atoms with Crippen molar-refractivity contribution in [2.24, 2.45) is 0 Å². The SMILES string of the molecule is Cc1cc(C)n(-c2ccc(NC(=O)CCc3ncc(-c4ccccc4F)o3)cn2)n1. The maximum absolute atomic E-state index is 13.8. The second kappa shape index (κ2) is 8.28. The molecule has 0 saturated heterocycles. The molecule has 0 bridgehead atoms. The molecule has 3 aromatic heterocycles. The highest BCUT2D eigenvalue weighted by molar-refractivity contribution is 5.90. The van der Waals surface area contributed by atoms with E-state index in [0.717, 1.165) is 11.4 Å². The summed E-state index contributed by atoms with van der Waals surface area (Å²) in [5.41, 5.74) is 2.83. The van der Waals surface area contributed by atoms with Crippen LogP contribution in [0.4, 0.5) is 10.1 Å². The van der Waals surface area contributed by atoms with E-state index in [2.05, 4.69) is 20.4 Å². The first-order chi connectivity index (χ1) is 14.5. The number of nitrogens with one attached hydrogen (secondary N) is 1. The van der Waals surface area contributed by atoms with Gasteiger partial charge >= 0.3 is 0 Å². The first-order valence-electron chi connectivity index (χ1n) is 9.49. The second-order valence-corrected chi connectivity index (χ2v) is 6.89. The highest BCUT2D eigenvalue weighted by Gasteiger charge is 2.12. The fraction of sp³-hybridized carbons (Fsp3) is 0.182. The predicted octanol–water partition coefficient (Wildman–Crippen LogP) is 4.25. The number of anilines is 1. The zero-order valence-electron chi connectivity index (χ0n) is 16.6. The Labute approximate surface area is 172 Å². The van der Waals surface area contributed by atoms with E-state index in [-0.39, 0.29) is 18.1 Å². The van der Waals surface area contributed by atoms with Crippen molar-refractivity contribution in [3.05, 3.63) is 78.0 Å². The Hall–Kier alpha value is -3.81. The summed E-state index contributed by atoms with van der Waals surface area (Å²) < 4.78 is 21.2. The van der Waals surface area contributed by atoms with Crippen molar-refractivity contribution in [3.63, 3.8) is 0 Å². The summed E-state index contributed by atoms with van der Waals surface area (Å²) in [5, 5.41) is 7.19. The van der Waals surface area contributed by atoms with Crippen molar-refractivity contribution < 1.29 is 13.6 Å². The number of rotatable bonds is 6. The molecule has 0 unspecified atom stereocenters. The lowest BCUT2D eigenvalue weighted by Gasteiger charge is -2.06. The Morgan fingerprint density at radius 3 is 2.67 bits per heavy atom. The van der Waals surface area contributed by atoms with Crippen LogP contribution in [-0.2, 0) is 11.2 Å². The molecule has 8 heteroatoms. The lowest BCUT2D eigenvalue weighted by Crippen LogP contribution is -2.13. The standard InChI is InChI=1S/C22H20FN5O2/c1-14-11-15(2)28(27-14)20-8-7-16(12-24-20)26-21(29)9-10-22-25-13-19(30-22)17-5-3-4-6-18(17)23/h3-8,11-13H,9-10H2,1-2H3,(H,26,29). The minimum absolute atomic E-state index is 0.177. The van der Waals surface area contributed by atoms with Gasteiger partial charge in [-0.1, -0.05) is 12.1 Å². The lowest BCUT2D eigenvalue weighted by molar-refractivity contribution is -0.116. The van der Waals surface area contributed by atoms with E-state index in [4.69, 9.17) is 4.42 Å². The first-order valence-corrected chi connectivity index (χ1v) is 9.49. The van der Waals surface area contributed by atoms with Crippen LogP contribution in [0.5, 0.6) is 0 Å². The molecule has 0 aliphatic carbocycles. The van der Waals surface area contributed by atoms with Crippen molar-refractivity contribution in [2.75, 3.05) is 5.32 Å². The number of hydrogen-bond acceptors (Lipinski definition) is 5. The molecule has 3 heterocycles. The Bertz CT molecular complexity index is 1180. The minimum Gasteiger partial charge on any atom is -0.441 e. The van der Waals surface area contributed by atoms with Crippen LogP contribution in [-0.4, -0.2) is 25.7 Å². The summed E-state index contributed by atoms with van der Waals surface area (Å²) in [5.74, 6) is 0.823. The van der Waals surface area contributed by atoms with Crippen LogP contribution in [0.2, 0.25) is 0 Å². The zero-order valence-corrected chi connectivity index (χ0v) is 16.6. The Balaban J connectivity index is 1.34. The van der Waals surface area contributed by atoms with E-state index in [1.807, 2.05) is 19.9 Å². The maximum Gasteiger partial charge on any atom is 0.224 e. The van der Waals surface area contributed by atoms with Gasteiger partial charge in [0, 0.05) is 18.5 Å². The molecule has 0 radical (unpaired) electrons. The normalized spacial score (nSPS) is 10.9. The largest absolute Gasteiger partial charge is 0.441 e. The van der Waals surface area contributed by atoms with Crippen LogP contribution in [0.15, 0.2) is 59.3 Å². The summed E-state index contributed by atoms with van der Waals surface area (Å²) in [6.07, 6.45) is 3.53. The van der Waals surface area contributed by atoms with Crippen LogP contribution in [0, 0.1) is 19.7 Å². The van der Waals surface area contributed by atoms with Gasteiger partial charge < -0.3 is 9.73 Å². The minimum atomic E-state index is -0.380. The predicted molar refractivity (Wildman–Crippen MR) is 110 cm³/mol. The molecule has 152 valence electrons. The van der Waals surface area contributed by atoms with E-state index in [9.17, 15) is 9.18 Å². The van der Waals surface area contributed by atoms with E-state index < -0.39 is 0 Å². The van der Waals surface area contributed by atoms with Crippen LogP contribution >= 0.6 is 0 Å². The van der Waals surface area contributed by atoms with Gasteiger partial charge in [0.25, 0.3) is 0 Å². The van der Waals surface area contributed by atoms with Crippen LogP contribution < -0.4 is 5.32 Å². The van der Waals surface area contributed by atoms with Crippen molar-refractivity contribution in [3.8, 4) is 17.1 Å². The van der Waals surface area contributed by atoms with Gasteiger partial charge in [-0.25, -0.2) is 19.0 Å². The molecule has 4 rings (SSSR count). The highest BCUT2D eigenvalue weighted by atomic mass is 19.1. The quantitative estimate of drug-likeness (QED) is 0.518. The van der Waals surface area contributed by atoms with Gasteiger partial charge in [0.15, 0.2) is 17.5 Å². The average molecular weight is 405 g/mol. The number of halogens is 1. The van der Waals surface area contributed by atoms with E-state index in [1.165, 1.54) is 12.3 Å². The number of hydrogen-bond donors (Lipinski definition) is 1. The van der Waals surface area contributed by atoms with E-state index >= 15 is 0 Å². The topological polar surface area (TPSA) is 85.8 Å². The Kier molecular flexibility index (Phi) is 5.38. The van der Waals surface area contributed by atoms with E-state index in [0.29, 0.717) is 35.1 Å². The van der Waals surface area contributed by atoms with Gasteiger partial charge in [-0.05, 0) is 44.2 Å². The summed E-state index contributed by atoms with van der Waals surface area (Å²) in [6, 6.07) is 11.9. The van der Waals surface area contributed by atoms with Gasteiger partial charge in [0.05, 0.1) is 29.3 Å². The molecule has 0 aliphatic rings. The fourth-order valence-electron chi connectivity index (χ4n) is 3.10. The van der Waals surface area contributed by atoms with Crippen molar-refractivity contribution >= 4 is 11.6 Å². The molecule has 0 spiro atoms. The Morgan fingerprint density at radius 2 is 1.97 bits per heavy atom. The molecule has 30 heavy (non-hydrogen) atoms. The number of carbonyl (C=O) groups excluding carboxylic acids is 1. The molecule has 1 N–H and O–H groups in total. The van der Waals surface area contributed by atoms with Gasteiger partial charge in [0.1, 0.15) is 5.82 Å². The summed E-state index contributed by atoms with van der Waals surface area (Å²) in [6.45, 7) is 3.88. The molecule has 4 aromatic rings. The Morgan fingerprint density at radius 1 is 1.13 bits per heavy atom. The third kappa shape index (κ3) is 4.27. The number of nitrogens with zero attached hydrogens (tertiary/aromatic N) is 4. The highest BCUT2D eigenvalue weighted by Crippen LogP contribution is 2.23. The van der Waals surface area contributed by atoms with Gasteiger partial charge in [0.2, 0.25) is 5.91 Å². The number of carbonyl (C=O) groups is 1. The molecule has 7 nitrogen and oxygen atoms in total. The lowest BCUT2D eigenvalue weighted by atomic mass is 10.2. The molecule has 0 fully saturated rings. The van der Waals surface area contributed by atoms with Crippen LogP contribution in [0.3, 0.4) is 0 Å². The molecular formula is C22H20FN5O2. The van der Waals surface area contributed by atoms with Crippen molar-refractivity contribution in [1.82, 2.24) is 19.7 Å². The summed E-state index contributed by atoms with van der Waals surface area (Å²) in [7, 11) is 0. The molecule has 1 amide bonds. The smallest absolute Gasteiger partial charge is 0.224 e. The molecule has 0 atom stereocenters. The summed E-state index contributed by atoms with van der Waals surface area (Å²) >= 11 is 0. The average Bonchev–Trinajstić information content (AvgIpc) is 3.33. The summed E-state index contributed by atoms with van der Waals surface area (Å²) in [4.78, 5) is 20.7. The van der Waals surface area contributed by atoms with Gasteiger partial charge in [-0.2, -0.15) is 5.10 Å². The maximum atomic E-state index is 13.8. The first kappa shape index (κ1) is 19.5. The number of benzene rings is 1. The third-order valence-electron chi connectivity index (χ3n) is 4.52. The molecule has 0 saturated carbocycles. The molecule has 0 aliphatic heterocycles. The zero-order chi connectivity index (χ0) is 21.1. The number of amides is 1. The number of oxazole rings is 1. The number of pyridine rings is 1. The van der Waals surface area contributed by atoms with Crippen molar-refractivity contribution in [2.45, 2.75) is 26.7 Å². The number of aromatic nitrogens is 4. The van der Waals surface area contributed by atoms with Crippen molar-refractivity contribution in [1.29, 1.82) is 0 Å². The molecule has 1 aromatic carbocycles. The second-order valence-electron chi connectivity index (χ2n) is 6.89. The van der Waals surface area contributed by atoms with Gasteiger partial charge in [-0.3, -0.25) is 4.79 Å². The van der Waals surface area contributed by atoms with E-state index in [1.54, 1.807) is 41.2 Å².